The normalized spacial score (nSPS) is 23.9. The van der Waals surface area contributed by atoms with Crippen LogP contribution in [0.5, 0.6) is 0 Å². The van der Waals surface area contributed by atoms with Crippen molar-refractivity contribution in [1.82, 2.24) is 15.6 Å². The summed E-state index contributed by atoms with van der Waals surface area (Å²) in [6.07, 6.45) is 0.00303. The molecule has 2 rings (SSSR count). The van der Waals surface area contributed by atoms with Crippen molar-refractivity contribution in [3.63, 3.8) is 0 Å². The standard InChI is InChI=1S/C11H17N3O3/c1-6-10(17-7(2)13-6)11(15)14-8-4-12-5-9(8)16-3/h8-9,12H,4-5H2,1-3H3,(H,14,15)/t8?,9-/m0/s1. The molecule has 0 spiro atoms. The van der Waals surface area contributed by atoms with Crippen LogP contribution in [-0.4, -0.2) is 43.2 Å². The van der Waals surface area contributed by atoms with Crippen molar-refractivity contribution in [1.29, 1.82) is 0 Å². The molecule has 1 aromatic rings. The molecule has 94 valence electrons. The third kappa shape index (κ3) is 2.48. The molecule has 1 fully saturated rings. The molecule has 0 aromatic carbocycles. The second kappa shape index (κ2) is 4.85. The number of hydrogen-bond donors (Lipinski definition) is 2. The van der Waals surface area contributed by atoms with Crippen LogP contribution in [0.2, 0.25) is 0 Å². The molecule has 6 heteroatoms. The Bertz CT molecular complexity index is 416. The maximum absolute atomic E-state index is 12.0. The fraction of sp³-hybridized carbons (Fsp3) is 0.636. The molecule has 2 N–H and O–H groups in total. The number of methoxy groups -OCH3 is 1. The highest BCUT2D eigenvalue weighted by atomic mass is 16.5. The van der Waals surface area contributed by atoms with Crippen LogP contribution in [-0.2, 0) is 4.74 Å². The Kier molecular flexibility index (Phi) is 3.44. The van der Waals surface area contributed by atoms with E-state index in [0.29, 0.717) is 18.1 Å². The van der Waals surface area contributed by atoms with Crippen molar-refractivity contribution in [2.45, 2.75) is 26.0 Å². The highest BCUT2D eigenvalue weighted by Gasteiger charge is 2.29. The van der Waals surface area contributed by atoms with Crippen molar-refractivity contribution in [3.05, 3.63) is 17.3 Å². The van der Waals surface area contributed by atoms with Crippen molar-refractivity contribution >= 4 is 5.91 Å². The number of aromatic nitrogens is 1. The predicted molar refractivity (Wildman–Crippen MR) is 60.9 cm³/mol. The molecule has 0 saturated carbocycles. The molecule has 1 amide bonds. The van der Waals surface area contributed by atoms with Gasteiger partial charge in [0.25, 0.3) is 5.91 Å². The molecule has 0 aliphatic carbocycles. The highest BCUT2D eigenvalue weighted by Crippen LogP contribution is 2.11. The maximum atomic E-state index is 12.0. The van der Waals surface area contributed by atoms with Gasteiger partial charge in [0.1, 0.15) is 0 Å². The number of rotatable bonds is 3. The average molecular weight is 239 g/mol. The van der Waals surface area contributed by atoms with Crippen LogP contribution < -0.4 is 10.6 Å². The van der Waals surface area contributed by atoms with Gasteiger partial charge in [-0.1, -0.05) is 0 Å². The second-order valence-corrected chi connectivity index (χ2v) is 4.16. The van der Waals surface area contributed by atoms with Gasteiger partial charge >= 0.3 is 0 Å². The zero-order valence-electron chi connectivity index (χ0n) is 10.2. The summed E-state index contributed by atoms with van der Waals surface area (Å²) < 4.78 is 10.5. The van der Waals surface area contributed by atoms with Gasteiger partial charge in [-0.2, -0.15) is 0 Å². The first-order chi connectivity index (χ1) is 8.11. The molecule has 6 nitrogen and oxygen atoms in total. The summed E-state index contributed by atoms with van der Waals surface area (Å²) in [4.78, 5) is 16.0. The molecular weight excluding hydrogens is 222 g/mol. The fourth-order valence-corrected chi connectivity index (χ4v) is 2.02. The Labute approximate surface area is 99.7 Å². The number of aryl methyl sites for hydroxylation is 2. The molecular formula is C11H17N3O3. The predicted octanol–water partition coefficient (Wildman–Crippen LogP) is 0.00804. The van der Waals surface area contributed by atoms with Crippen LogP contribution >= 0.6 is 0 Å². The summed E-state index contributed by atoms with van der Waals surface area (Å²) in [6, 6.07) is -0.0303. The topological polar surface area (TPSA) is 76.4 Å². The van der Waals surface area contributed by atoms with E-state index in [1.807, 2.05) is 0 Å². The Hall–Kier alpha value is -1.40. The third-order valence-electron chi connectivity index (χ3n) is 2.89. The molecule has 1 aliphatic rings. The van der Waals surface area contributed by atoms with Gasteiger partial charge in [0.15, 0.2) is 5.89 Å². The largest absolute Gasteiger partial charge is 0.436 e. The van der Waals surface area contributed by atoms with E-state index in [-0.39, 0.29) is 23.8 Å². The van der Waals surface area contributed by atoms with E-state index in [9.17, 15) is 4.79 Å². The zero-order valence-corrected chi connectivity index (χ0v) is 10.2. The molecule has 1 aliphatic heterocycles. The van der Waals surface area contributed by atoms with Crippen molar-refractivity contribution in [3.8, 4) is 0 Å². The summed E-state index contributed by atoms with van der Waals surface area (Å²) in [7, 11) is 1.64. The van der Waals surface area contributed by atoms with Crippen molar-refractivity contribution in [2.75, 3.05) is 20.2 Å². The minimum absolute atomic E-state index is 0.00303. The van der Waals surface area contributed by atoms with E-state index in [1.54, 1.807) is 21.0 Å². The van der Waals surface area contributed by atoms with Gasteiger partial charge in [-0.3, -0.25) is 4.79 Å². The molecule has 2 heterocycles. The van der Waals surface area contributed by atoms with Gasteiger partial charge in [0, 0.05) is 27.1 Å². The van der Waals surface area contributed by atoms with E-state index in [2.05, 4.69) is 15.6 Å². The van der Waals surface area contributed by atoms with Crippen LogP contribution in [0.25, 0.3) is 0 Å². The fourth-order valence-electron chi connectivity index (χ4n) is 2.02. The van der Waals surface area contributed by atoms with E-state index in [0.717, 1.165) is 6.54 Å². The zero-order chi connectivity index (χ0) is 12.4. The van der Waals surface area contributed by atoms with Crippen LogP contribution in [0.3, 0.4) is 0 Å². The Balaban J connectivity index is 2.04. The Morgan fingerprint density at radius 1 is 1.53 bits per heavy atom. The van der Waals surface area contributed by atoms with E-state index < -0.39 is 0 Å². The van der Waals surface area contributed by atoms with Crippen LogP contribution in [0.15, 0.2) is 4.42 Å². The monoisotopic (exact) mass is 239 g/mol. The minimum Gasteiger partial charge on any atom is -0.436 e. The number of hydrogen-bond acceptors (Lipinski definition) is 5. The van der Waals surface area contributed by atoms with Gasteiger partial charge in [-0.25, -0.2) is 4.98 Å². The summed E-state index contributed by atoms with van der Waals surface area (Å²) in [5.74, 6) is 0.545. The Morgan fingerprint density at radius 2 is 2.29 bits per heavy atom. The van der Waals surface area contributed by atoms with Gasteiger partial charge in [-0.05, 0) is 6.92 Å². The Morgan fingerprint density at radius 3 is 2.88 bits per heavy atom. The smallest absolute Gasteiger partial charge is 0.289 e. The first kappa shape index (κ1) is 12.1. The van der Waals surface area contributed by atoms with Crippen molar-refractivity contribution < 1.29 is 13.9 Å². The van der Waals surface area contributed by atoms with E-state index >= 15 is 0 Å². The van der Waals surface area contributed by atoms with E-state index in [4.69, 9.17) is 9.15 Å². The number of nitrogens with one attached hydrogen (secondary N) is 2. The summed E-state index contributed by atoms with van der Waals surface area (Å²) in [5, 5.41) is 6.05. The van der Waals surface area contributed by atoms with Gasteiger partial charge in [-0.15, -0.1) is 0 Å². The van der Waals surface area contributed by atoms with E-state index in [1.165, 1.54) is 0 Å². The lowest BCUT2D eigenvalue weighted by Gasteiger charge is -2.17. The lowest BCUT2D eigenvalue weighted by molar-refractivity contribution is 0.0759. The molecule has 0 radical (unpaired) electrons. The lowest BCUT2D eigenvalue weighted by atomic mass is 10.2. The number of oxazole rings is 1. The summed E-state index contributed by atoms with van der Waals surface area (Å²) >= 11 is 0. The molecule has 2 atom stereocenters. The number of carbonyl (C=O) groups excluding carboxylic acids is 1. The molecule has 1 aromatic heterocycles. The van der Waals surface area contributed by atoms with Crippen LogP contribution in [0.4, 0.5) is 0 Å². The second-order valence-electron chi connectivity index (χ2n) is 4.16. The number of amides is 1. The highest BCUT2D eigenvalue weighted by molar-refractivity contribution is 5.92. The van der Waals surface area contributed by atoms with Gasteiger partial charge in [0.2, 0.25) is 5.76 Å². The number of ether oxygens (including phenoxy) is 1. The third-order valence-corrected chi connectivity index (χ3v) is 2.89. The van der Waals surface area contributed by atoms with Gasteiger partial charge < -0.3 is 19.8 Å². The SMILES string of the molecule is CO[C@H]1CNCC1NC(=O)c1oc(C)nc1C. The maximum Gasteiger partial charge on any atom is 0.289 e. The number of nitrogens with zero attached hydrogens (tertiary/aromatic N) is 1. The van der Waals surface area contributed by atoms with Crippen molar-refractivity contribution in [2.24, 2.45) is 0 Å². The first-order valence-electron chi connectivity index (χ1n) is 5.60. The minimum atomic E-state index is -0.237. The van der Waals surface area contributed by atoms with Gasteiger partial charge in [0.05, 0.1) is 17.8 Å². The lowest BCUT2D eigenvalue weighted by Crippen LogP contribution is -2.43. The summed E-state index contributed by atoms with van der Waals surface area (Å²) in [6.45, 7) is 4.93. The quantitative estimate of drug-likeness (QED) is 0.777. The number of carbonyl (C=O) groups is 1. The first-order valence-corrected chi connectivity index (χ1v) is 5.60. The summed E-state index contributed by atoms with van der Waals surface area (Å²) in [5.41, 5.74) is 0.611. The average Bonchev–Trinajstić information content (AvgIpc) is 2.84. The molecule has 1 unspecified atom stereocenters. The molecule has 1 saturated heterocycles. The van der Waals surface area contributed by atoms with Crippen LogP contribution in [0.1, 0.15) is 22.1 Å². The van der Waals surface area contributed by atoms with Crippen LogP contribution in [0, 0.1) is 13.8 Å². The molecule has 17 heavy (non-hydrogen) atoms. The molecule has 0 bridgehead atoms.